The molecule has 0 bridgehead atoms. The Balaban J connectivity index is 1.64. The van der Waals surface area contributed by atoms with Crippen molar-refractivity contribution in [2.45, 2.75) is 83.3 Å². The smallest absolute Gasteiger partial charge is 0.0737 e. The highest BCUT2D eigenvalue weighted by atomic mass is 16.3. The maximum Gasteiger partial charge on any atom is 0.0737 e. The second kappa shape index (κ2) is 6.07. The molecule has 0 heterocycles. The molecule has 2 unspecified atom stereocenters. The summed E-state index contributed by atoms with van der Waals surface area (Å²) >= 11 is 0. The lowest BCUT2D eigenvalue weighted by atomic mass is 9.43. The van der Waals surface area contributed by atoms with Crippen molar-refractivity contribution in [2.24, 2.45) is 34.5 Å². The number of aliphatic hydroxyl groups is 3. The molecule has 0 spiro atoms. The topological polar surface area (TPSA) is 60.7 Å². The first-order valence-electron chi connectivity index (χ1n) is 10.5. The molecular formula is C22H36O3. The summed E-state index contributed by atoms with van der Waals surface area (Å²) in [6.07, 6.45) is 13.5. The summed E-state index contributed by atoms with van der Waals surface area (Å²) in [6, 6.07) is 0. The normalized spacial score (nSPS) is 55.6. The first-order valence-corrected chi connectivity index (χ1v) is 10.5. The van der Waals surface area contributed by atoms with Crippen LogP contribution in [-0.4, -0.2) is 33.6 Å². The third-order valence-corrected chi connectivity index (χ3v) is 9.37. The molecule has 0 aromatic rings. The largest absolute Gasteiger partial charge is 0.393 e. The Kier molecular flexibility index (Phi) is 4.37. The number of allylic oxidation sites excluding steroid dienone is 1. The Hall–Kier alpha value is -0.380. The number of hydrogen-bond acceptors (Lipinski definition) is 3. The average Bonchev–Trinajstić information content (AvgIpc) is 2.85. The number of rotatable bonds is 2. The molecule has 0 aromatic heterocycles. The van der Waals surface area contributed by atoms with E-state index in [4.69, 9.17) is 0 Å². The van der Waals surface area contributed by atoms with Gasteiger partial charge in [-0.1, -0.05) is 26.0 Å². The van der Waals surface area contributed by atoms with Crippen LogP contribution in [0.5, 0.6) is 0 Å². The summed E-state index contributed by atoms with van der Waals surface area (Å²) in [5, 5.41) is 31.3. The van der Waals surface area contributed by atoms with E-state index in [-0.39, 0.29) is 18.1 Å². The molecule has 0 amide bonds. The number of fused-ring (bicyclic) bond motifs is 5. The van der Waals surface area contributed by atoms with E-state index in [9.17, 15) is 15.3 Å². The van der Waals surface area contributed by atoms with Gasteiger partial charge in [-0.15, -0.1) is 0 Å². The van der Waals surface area contributed by atoms with E-state index >= 15 is 0 Å². The van der Waals surface area contributed by atoms with Crippen LogP contribution in [0.15, 0.2) is 12.2 Å². The molecule has 3 nitrogen and oxygen atoms in total. The molecule has 4 rings (SSSR count). The van der Waals surface area contributed by atoms with Gasteiger partial charge in [0.1, 0.15) is 0 Å². The highest BCUT2D eigenvalue weighted by Crippen LogP contribution is 2.69. The molecule has 4 saturated carbocycles. The van der Waals surface area contributed by atoms with Crippen molar-refractivity contribution in [3.05, 3.63) is 12.2 Å². The molecule has 4 aliphatic rings. The minimum Gasteiger partial charge on any atom is -0.393 e. The minimum atomic E-state index is -0.551. The fraction of sp³-hybridized carbons (Fsp3) is 0.909. The van der Waals surface area contributed by atoms with Crippen molar-refractivity contribution in [3.63, 3.8) is 0 Å². The van der Waals surface area contributed by atoms with Gasteiger partial charge in [-0.3, -0.25) is 0 Å². The van der Waals surface area contributed by atoms with Crippen molar-refractivity contribution in [3.8, 4) is 0 Å². The summed E-state index contributed by atoms with van der Waals surface area (Å²) < 4.78 is 0. The van der Waals surface area contributed by atoms with Crippen LogP contribution in [0.2, 0.25) is 0 Å². The summed E-state index contributed by atoms with van der Waals surface area (Å²) in [6.45, 7) is 4.87. The minimum absolute atomic E-state index is 0.0444. The standard InChI is InChI=1S/C22H36O3/c1-20-10-8-17(24)14-16(20)5-6-19-18(20)9-11-21(2)15(4-3-13-23)7-12-22(19,21)25/h3-4,15-19,23-25H,5-14H2,1-2H3/b4-3+/t15-,16+,17-,18?,19?,20-,21+,22-/m0/s1. The molecule has 142 valence electrons. The van der Waals surface area contributed by atoms with Crippen LogP contribution in [0.25, 0.3) is 0 Å². The second-order valence-electron chi connectivity index (χ2n) is 10.1. The quantitative estimate of drug-likeness (QED) is 0.667. The van der Waals surface area contributed by atoms with Gasteiger partial charge in [0.2, 0.25) is 0 Å². The monoisotopic (exact) mass is 348 g/mol. The Bertz CT molecular complexity index is 545. The Labute approximate surface area is 152 Å². The van der Waals surface area contributed by atoms with Crippen molar-refractivity contribution in [2.75, 3.05) is 6.61 Å². The molecule has 3 N–H and O–H groups in total. The maximum absolute atomic E-state index is 11.9. The highest BCUT2D eigenvalue weighted by Gasteiger charge is 2.66. The Morgan fingerprint density at radius 1 is 0.960 bits per heavy atom. The zero-order chi connectivity index (χ0) is 17.9. The number of aliphatic hydroxyl groups excluding tert-OH is 2. The zero-order valence-corrected chi connectivity index (χ0v) is 16.0. The van der Waals surface area contributed by atoms with Gasteiger partial charge in [0.05, 0.1) is 18.3 Å². The van der Waals surface area contributed by atoms with Crippen LogP contribution >= 0.6 is 0 Å². The highest BCUT2D eigenvalue weighted by molar-refractivity contribution is 5.19. The Morgan fingerprint density at radius 3 is 2.52 bits per heavy atom. The van der Waals surface area contributed by atoms with Crippen LogP contribution in [0, 0.1) is 34.5 Å². The van der Waals surface area contributed by atoms with E-state index in [0.29, 0.717) is 29.1 Å². The van der Waals surface area contributed by atoms with Gasteiger partial charge in [0, 0.05) is 5.41 Å². The van der Waals surface area contributed by atoms with E-state index in [2.05, 4.69) is 19.9 Å². The van der Waals surface area contributed by atoms with Crippen LogP contribution in [-0.2, 0) is 0 Å². The molecule has 0 radical (unpaired) electrons. The predicted octanol–water partition coefficient (Wildman–Crippen LogP) is 3.67. The van der Waals surface area contributed by atoms with Gasteiger partial charge in [-0.2, -0.15) is 0 Å². The zero-order valence-electron chi connectivity index (χ0n) is 16.0. The van der Waals surface area contributed by atoms with Gasteiger partial charge < -0.3 is 15.3 Å². The molecule has 4 aliphatic carbocycles. The lowest BCUT2D eigenvalue weighted by Crippen LogP contribution is -2.62. The van der Waals surface area contributed by atoms with Crippen LogP contribution in [0.4, 0.5) is 0 Å². The molecule has 8 atom stereocenters. The van der Waals surface area contributed by atoms with Gasteiger partial charge in [-0.05, 0) is 86.9 Å². The third-order valence-electron chi connectivity index (χ3n) is 9.37. The average molecular weight is 349 g/mol. The summed E-state index contributed by atoms with van der Waals surface area (Å²) in [4.78, 5) is 0. The molecule has 0 saturated heterocycles. The van der Waals surface area contributed by atoms with Crippen molar-refractivity contribution in [1.82, 2.24) is 0 Å². The molecular weight excluding hydrogens is 312 g/mol. The predicted molar refractivity (Wildman–Crippen MR) is 98.9 cm³/mol. The van der Waals surface area contributed by atoms with Crippen LogP contribution in [0.3, 0.4) is 0 Å². The summed E-state index contributed by atoms with van der Waals surface area (Å²) in [5.74, 6) is 2.05. The van der Waals surface area contributed by atoms with Crippen molar-refractivity contribution in [1.29, 1.82) is 0 Å². The number of hydrogen-bond donors (Lipinski definition) is 3. The van der Waals surface area contributed by atoms with Crippen LogP contribution in [0.1, 0.15) is 71.6 Å². The molecule has 25 heavy (non-hydrogen) atoms. The molecule has 0 aromatic carbocycles. The molecule has 4 fully saturated rings. The van der Waals surface area contributed by atoms with E-state index < -0.39 is 5.60 Å². The third kappa shape index (κ3) is 2.41. The van der Waals surface area contributed by atoms with E-state index in [1.807, 2.05) is 6.08 Å². The second-order valence-corrected chi connectivity index (χ2v) is 10.1. The lowest BCUT2D eigenvalue weighted by Gasteiger charge is -2.63. The van der Waals surface area contributed by atoms with Crippen LogP contribution < -0.4 is 0 Å². The van der Waals surface area contributed by atoms with Crippen molar-refractivity contribution < 1.29 is 15.3 Å². The molecule has 0 aliphatic heterocycles. The fourth-order valence-corrected chi connectivity index (χ4v) is 7.78. The maximum atomic E-state index is 11.9. The Morgan fingerprint density at radius 2 is 1.76 bits per heavy atom. The fourth-order valence-electron chi connectivity index (χ4n) is 7.78. The van der Waals surface area contributed by atoms with Gasteiger partial charge in [0.25, 0.3) is 0 Å². The SMILES string of the molecule is C[C@]12CC[C@H](O)C[C@H]1CCC1C2CC[C@]2(C)[C@@H](/C=C/CO)CC[C@]12O. The van der Waals surface area contributed by atoms with E-state index in [1.54, 1.807) is 0 Å². The lowest BCUT2D eigenvalue weighted by molar-refractivity contribution is -0.207. The summed E-state index contributed by atoms with van der Waals surface area (Å²) in [5.41, 5.74) is -0.292. The van der Waals surface area contributed by atoms with Gasteiger partial charge >= 0.3 is 0 Å². The van der Waals surface area contributed by atoms with E-state index in [0.717, 1.165) is 44.9 Å². The first kappa shape index (κ1) is 18.0. The van der Waals surface area contributed by atoms with E-state index in [1.165, 1.54) is 12.8 Å². The summed E-state index contributed by atoms with van der Waals surface area (Å²) in [7, 11) is 0. The van der Waals surface area contributed by atoms with Gasteiger partial charge in [0.15, 0.2) is 0 Å². The van der Waals surface area contributed by atoms with Gasteiger partial charge in [-0.25, -0.2) is 0 Å². The molecule has 3 heteroatoms. The first-order chi connectivity index (χ1) is 11.8. The van der Waals surface area contributed by atoms with Crippen molar-refractivity contribution >= 4 is 0 Å².